The Morgan fingerprint density at radius 1 is 0.464 bits per heavy atom. The highest BCUT2D eigenvalue weighted by molar-refractivity contribution is 6.60. The third kappa shape index (κ3) is 1.84. The lowest BCUT2D eigenvalue weighted by Gasteiger charge is -1.99. The number of hydrogen-bond acceptors (Lipinski definition) is 4. The van der Waals surface area contributed by atoms with Crippen LogP contribution >= 0.6 is 0 Å². The van der Waals surface area contributed by atoms with Gasteiger partial charge in [0.05, 0.1) is 0 Å². The number of benzene rings is 4. The summed E-state index contributed by atoms with van der Waals surface area (Å²) >= 11 is 0. The number of hydrogen-bond donors (Lipinski definition) is 0. The van der Waals surface area contributed by atoms with E-state index in [0.29, 0.717) is 11.1 Å². The van der Waals surface area contributed by atoms with Crippen LogP contribution in [0.4, 0.5) is 0 Å². The third-order valence-corrected chi connectivity index (χ3v) is 5.49. The molecule has 0 unspecified atom stereocenters. The second-order valence-electron chi connectivity index (χ2n) is 6.97. The molecule has 0 spiro atoms. The van der Waals surface area contributed by atoms with Crippen molar-refractivity contribution in [3.8, 4) is 0 Å². The highest BCUT2D eigenvalue weighted by atomic mass is 16.1. The summed E-state index contributed by atoms with van der Waals surface area (Å²) in [7, 11) is 0. The quantitative estimate of drug-likeness (QED) is 0.467. The van der Waals surface area contributed by atoms with Crippen LogP contribution < -0.4 is 0 Å². The fourth-order valence-electron chi connectivity index (χ4n) is 4.25. The minimum atomic E-state index is -0.155. The van der Waals surface area contributed by atoms with Gasteiger partial charge in [0.15, 0.2) is 0 Å². The number of carbonyl (C=O) groups is 2. The van der Waals surface area contributed by atoms with E-state index in [2.05, 4.69) is 10.2 Å². The van der Waals surface area contributed by atoms with Crippen LogP contribution in [0.25, 0.3) is 21.5 Å². The average Bonchev–Trinajstić information content (AvgIpc) is 3.16. The smallest absolute Gasteiger partial charge is 0.214 e. The first kappa shape index (κ1) is 15.2. The van der Waals surface area contributed by atoms with E-state index in [1.807, 2.05) is 60.7 Å². The van der Waals surface area contributed by atoms with E-state index < -0.39 is 0 Å². The highest BCUT2D eigenvalue weighted by Gasteiger charge is 2.31. The monoisotopic (exact) mass is 360 g/mol. The maximum atomic E-state index is 12.9. The van der Waals surface area contributed by atoms with Crippen LogP contribution in [-0.4, -0.2) is 23.0 Å². The molecular formula is C24H12N2O2. The Balaban J connectivity index is 1.56. The third-order valence-electron chi connectivity index (χ3n) is 5.49. The molecular weight excluding hydrogens is 348 g/mol. The lowest BCUT2D eigenvalue weighted by molar-refractivity contribution is 0.106. The van der Waals surface area contributed by atoms with Gasteiger partial charge in [0.25, 0.3) is 0 Å². The summed E-state index contributed by atoms with van der Waals surface area (Å²) in [6.07, 6.45) is 0. The molecule has 4 heteroatoms. The SMILES string of the molecule is O=C1/C(=N\N=C2\C(=O)c3cccc4cccc2c34)c2cccc3cccc1c23. The summed E-state index contributed by atoms with van der Waals surface area (Å²) in [5.74, 6) is -0.311. The van der Waals surface area contributed by atoms with Gasteiger partial charge < -0.3 is 0 Å². The zero-order valence-electron chi connectivity index (χ0n) is 14.6. The summed E-state index contributed by atoms with van der Waals surface area (Å²) < 4.78 is 0. The van der Waals surface area contributed by atoms with E-state index in [0.717, 1.165) is 32.7 Å². The molecule has 0 heterocycles. The second kappa shape index (κ2) is 5.30. The van der Waals surface area contributed by atoms with Crippen LogP contribution in [0, 0.1) is 0 Å². The van der Waals surface area contributed by atoms with Gasteiger partial charge in [-0.1, -0.05) is 72.8 Å². The summed E-state index contributed by atoms with van der Waals surface area (Å²) in [5.41, 5.74) is 3.38. The summed E-state index contributed by atoms with van der Waals surface area (Å²) in [4.78, 5) is 25.8. The molecule has 4 aromatic carbocycles. The minimum absolute atomic E-state index is 0.155. The van der Waals surface area contributed by atoms with Gasteiger partial charge in [-0.3, -0.25) is 9.59 Å². The minimum Gasteiger partial charge on any atom is -0.287 e. The number of carbonyl (C=O) groups excluding carboxylic acids is 2. The topological polar surface area (TPSA) is 58.9 Å². The van der Waals surface area contributed by atoms with E-state index in [4.69, 9.17) is 0 Å². The van der Waals surface area contributed by atoms with E-state index in [9.17, 15) is 9.59 Å². The van der Waals surface area contributed by atoms with E-state index in [-0.39, 0.29) is 23.0 Å². The first-order chi connectivity index (χ1) is 13.7. The summed E-state index contributed by atoms with van der Waals surface area (Å²) in [6, 6.07) is 22.8. The van der Waals surface area contributed by atoms with Crippen molar-refractivity contribution in [2.45, 2.75) is 0 Å². The Labute approximate surface area is 159 Å². The maximum Gasteiger partial charge on any atom is 0.214 e. The second-order valence-corrected chi connectivity index (χ2v) is 6.97. The zero-order valence-corrected chi connectivity index (χ0v) is 14.6. The molecule has 0 amide bonds. The number of rotatable bonds is 1. The van der Waals surface area contributed by atoms with Gasteiger partial charge in [0, 0.05) is 33.0 Å². The van der Waals surface area contributed by atoms with Crippen molar-refractivity contribution in [1.82, 2.24) is 0 Å². The number of Topliss-reactive ketones (excluding diaryl/α,β-unsaturated/α-hetero) is 2. The van der Waals surface area contributed by atoms with Crippen LogP contribution in [0.1, 0.15) is 31.8 Å². The van der Waals surface area contributed by atoms with Crippen molar-refractivity contribution in [3.05, 3.63) is 95.1 Å². The molecule has 0 saturated carbocycles. The zero-order chi connectivity index (χ0) is 18.8. The standard InChI is InChI=1S/C24H12N2O2/c27-23-17-11-3-7-13-5-1-9-15(19(13)17)21(23)25-26-22-16-10-2-6-14-8-4-12-18(20(14)16)24(22)28/h1-12H/b25-21-,26-22+. The molecule has 4 nitrogen and oxygen atoms in total. The maximum absolute atomic E-state index is 12.9. The average molecular weight is 360 g/mol. The molecule has 0 bridgehead atoms. The van der Waals surface area contributed by atoms with E-state index in [1.54, 1.807) is 12.1 Å². The Hall–Kier alpha value is -3.92. The van der Waals surface area contributed by atoms with Crippen molar-refractivity contribution in [2.75, 3.05) is 0 Å². The van der Waals surface area contributed by atoms with Gasteiger partial charge in [0.1, 0.15) is 11.4 Å². The van der Waals surface area contributed by atoms with Gasteiger partial charge >= 0.3 is 0 Å². The molecule has 2 aliphatic carbocycles. The Bertz CT molecular complexity index is 1320. The predicted octanol–water partition coefficient (Wildman–Crippen LogP) is 4.58. The normalized spacial score (nSPS) is 17.6. The van der Waals surface area contributed by atoms with Crippen LogP contribution in [-0.2, 0) is 0 Å². The lowest BCUT2D eigenvalue weighted by Crippen LogP contribution is -2.11. The summed E-state index contributed by atoms with van der Waals surface area (Å²) in [6.45, 7) is 0. The Morgan fingerprint density at radius 2 is 0.821 bits per heavy atom. The molecule has 0 atom stereocenters. The molecule has 28 heavy (non-hydrogen) atoms. The Morgan fingerprint density at radius 3 is 1.21 bits per heavy atom. The van der Waals surface area contributed by atoms with Crippen molar-refractivity contribution < 1.29 is 9.59 Å². The number of nitrogens with zero attached hydrogens (tertiary/aromatic N) is 2. The largest absolute Gasteiger partial charge is 0.287 e. The predicted molar refractivity (Wildman–Crippen MR) is 110 cm³/mol. The van der Waals surface area contributed by atoms with Crippen molar-refractivity contribution >= 4 is 44.5 Å². The molecule has 0 aromatic heterocycles. The summed E-state index contributed by atoms with van der Waals surface area (Å²) in [5, 5.41) is 12.4. The fourth-order valence-corrected chi connectivity index (χ4v) is 4.25. The Kier molecular flexibility index (Phi) is 2.87. The number of ketones is 2. The van der Waals surface area contributed by atoms with Crippen LogP contribution in [0.3, 0.4) is 0 Å². The molecule has 0 radical (unpaired) electrons. The van der Waals surface area contributed by atoms with E-state index in [1.165, 1.54) is 0 Å². The molecule has 0 N–H and O–H groups in total. The molecule has 6 rings (SSSR count). The van der Waals surface area contributed by atoms with Crippen LogP contribution in [0.15, 0.2) is 83.0 Å². The van der Waals surface area contributed by atoms with Gasteiger partial charge in [-0.05, 0) is 10.8 Å². The van der Waals surface area contributed by atoms with E-state index >= 15 is 0 Å². The van der Waals surface area contributed by atoms with Crippen molar-refractivity contribution in [3.63, 3.8) is 0 Å². The van der Waals surface area contributed by atoms with Gasteiger partial charge in [-0.2, -0.15) is 0 Å². The molecule has 130 valence electrons. The van der Waals surface area contributed by atoms with Gasteiger partial charge in [0.2, 0.25) is 11.6 Å². The highest BCUT2D eigenvalue weighted by Crippen LogP contribution is 2.33. The first-order valence-corrected chi connectivity index (χ1v) is 9.03. The van der Waals surface area contributed by atoms with Crippen LogP contribution in [0.2, 0.25) is 0 Å². The fraction of sp³-hybridized carbons (Fsp3) is 0. The molecule has 2 aliphatic rings. The molecule has 0 fully saturated rings. The van der Waals surface area contributed by atoms with Crippen molar-refractivity contribution in [2.24, 2.45) is 10.2 Å². The molecule has 0 saturated heterocycles. The first-order valence-electron chi connectivity index (χ1n) is 9.03. The van der Waals surface area contributed by atoms with Crippen LogP contribution in [0.5, 0.6) is 0 Å². The van der Waals surface area contributed by atoms with Gasteiger partial charge in [-0.25, -0.2) is 0 Å². The van der Waals surface area contributed by atoms with Crippen molar-refractivity contribution in [1.29, 1.82) is 0 Å². The lowest BCUT2D eigenvalue weighted by atomic mass is 10.1. The molecule has 4 aromatic rings. The van der Waals surface area contributed by atoms with Gasteiger partial charge in [-0.15, -0.1) is 10.2 Å². The molecule has 0 aliphatic heterocycles.